The van der Waals surface area contributed by atoms with Gasteiger partial charge >= 0.3 is 0 Å². The molecule has 1 unspecified atom stereocenters. The molecule has 1 aromatic carbocycles. The number of nitrogens with one attached hydrogen (secondary N) is 2. The molecule has 2 rings (SSSR count). The average Bonchev–Trinajstić information content (AvgIpc) is 3.01. The number of nitrogens with zero attached hydrogens (tertiary/aromatic N) is 1. The lowest BCUT2D eigenvalue weighted by Crippen LogP contribution is -2.29. The Balaban J connectivity index is 1.75. The Morgan fingerprint density at radius 3 is 2.76 bits per heavy atom. The summed E-state index contributed by atoms with van der Waals surface area (Å²) in [6, 6.07) is 7.71. The number of rotatable bonds is 7. The number of ether oxygens (including phenoxy) is 1. The van der Waals surface area contributed by atoms with E-state index in [4.69, 9.17) is 4.74 Å². The van der Waals surface area contributed by atoms with Crippen molar-refractivity contribution in [3.8, 4) is 5.75 Å². The molecule has 5 nitrogen and oxygen atoms in total. The van der Waals surface area contributed by atoms with Crippen LogP contribution in [0.25, 0.3) is 0 Å². The van der Waals surface area contributed by atoms with Gasteiger partial charge in [0, 0.05) is 12.4 Å². The first-order valence-electron chi connectivity index (χ1n) is 7.17. The van der Waals surface area contributed by atoms with Crippen molar-refractivity contribution in [3.05, 3.63) is 48.0 Å². The van der Waals surface area contributed by atoms with Crippen LogP contribution in [0.3, 0.4) is 0 Å². The maximum absolute atomic E-state index is 11.9. The van der Waals surface area contributed by atoms with Crippen LogP contribution in [0.4, 0.5) is 0 Å². The van der Waals surface area contributed by atoms with Gasteiger partial charge in [0.1, 0.15) is 11.6 Å². The number of aromatic nitrogens is 2. The van der Waals surface area contributed by atoms with Crippen LogP contribution in [-0.2, 0) is 4.79 Å². The highest BCUT2D eigenvalue weighted by atomic mass is 16.5. The maximum Gasteiger partial charge on any atom is 0.224 e. The minimum absolute atomic E-state index is 0.0367. The van der Waals surface area contributed by atoms with Crippen molar-refractivity contribution >= 4 is 5.91 Å². The fourth-order valence-electron chi connectivity index (χ4n) is 1.99. The first-order chi connectivity index (χ1) is 10.2. The number of hydrogen-bond acceptors (Lipinski definition) is 3. The Labute approximate surface area is 124 Å². The molecule has 0 aliphatic rings. The second kappa shape index (κ2) is 7.47. The molecule has 5 heteroatoms. The van der Waals surface area contributed by atoms with Crippen molar-refractivity contribution < 1.29 is 9.53 Å². The highest BCUT2D eigenvalue weighted by molar-refractivity contribution is 5.76. The second-order valence-electron chi connectivity index (χ2n) is 4.91. The van der Waals surface area contributed by atoms with Crippen LogP contribution < -0.4 is 10.1 Å². The number of H-pyrrole nitrogens is 1. The fourth-order valence-corrected chi connectivity index (χ4v) is 1.99. The summed E-state index contributed by atoms with van der Waals surface area (Å²) < 4.78 is 5.55. The molecule has 0 saturated carbocycles. The fraction of sp³-hybridized carbons (Fsp3) is 0.375. The van der Waals surface area contributed by atoms with E-state index >= 15 is 0 Å². The van der Waals surface area contributed by atoms with E-state index in [1.807, 2.05) is 38.1 Å². The van der Waals surface area contributed by atoms with Gasteiger partial charge in [0.2, 0.25) is 5.91 Å². The average molecular weight is 287 g/mol. The minimum Gasteiger partial charge on any atom is -0.493 e. The zero-order valence-electron chi connectivity index (χ0n) is 12.4. The lowest BCUT2D eigenvalue weighted by molar-refractivity contribution is -0.122. The molecule has 0 aliphatic heterocycles. The Bertz CT molecular complexity index is 549. The minimum atomic E-state index is -0.0770. The summed E-state index contributed by atoms with van der Waals surface area (Å²) in [6.07, 6.45) is 4.55. The van der Waals surface area contributed by atoms with Crippen molar-refractivity contribution in [2.24, 2.45) is 0 Å². The quantitative estimate of drug-likeness (QED) is 0.823. The Morgan fingerprint density at radius 2 is 2.14 bits per heavy atom. The van der Waals surface area contributed by atoms with E-state index in [9.17, 15) is 4.79 Å². The van der Waals surface area contributed by atoms with Gasteiger partial charge in [-0.1, -0.05) is 24.6 Å². The van der Waals surface area contributed by atoms with E-state index in [-0.39, 0.29) is 11.9 Å². The van der Waals surface area contributed by atoms with Crippen LogP contribution in [0.1, 0.15) is 37.2 Å². The van der Waals surface area contributed by atoms with Crippen LogP contribution in [-0.4, -0.2) is 22.5 Å². The molecular weight excluding hydrogens is 266 g/mol. The highest BCUT2D eigenvalue weighted by Gasteiger charge is 2.14. The molecule has 1 atom stereocenters. The molecule has 0 fully saturated rings. The number of aromatic amines is 1. The van der Waals surface area contributed by atoms with Gasteiger partial charge in [-0.15, -0.1) is 0 Å². The number of hydrogen-bond donors (Lipinski definition) is 2. The summed E-state index contributed by atoms with van der Waals surface area (Å²) in [4.78, 5) is 19.1. The first-order valence-corrected chi connectivity index (χ1v) is 7.17. The summed E-state index contributed by atoms with van der Waals surface area (Å²) in [5, 5.41) is 2.95. The van der Waals surface area contributed by atoms with Gasteiger partial charge in [0.05, 0.1) is 19.1 Å². The van der Waals surface area contributed by atoms with E-state index in [1.54, 1.807) is 12.4 Å². The summed E-state index contributed by atoms with van der Waals surface area (Å²) in [5.74, 6) is 1.53. The molecule has 0 radical (unpaired) electrons. The number of aryl methyl sites for hydroxylation is 1. The zero-order valence-corrected chi connectivity index (χ0v) is 12.4. The van der Waals surface area contributed by atoms with Gasteiger partial charge in [-0.05, 0) is 25.5 Å². The molecule has 2 N–H and O–H groups in total. The van der Waals surface area contributed by atoms with Gasteiger partial charge in [-0.3, -0.25) is 4.79 Å². The predicted molar refractivity (Wildman–Crippen MR) is 81.1 cm³/mol. The summed E-state index contributed by atoms with van der Waals surface area (Å²) in [7, 11) is 0. The third-order valence-electron chi connectivity index (χ3n) is 3.21. The van der Waals surface area contributed by atoms with Gasteiger partial charge in [0.15, 0.2) is 0 Å². The van der Waals surface area contributed by atoms with Crippen molar-refractivity contribution in [1.82, 2.24) is 15.3 Å². The number of carbonyl (C=O) groups is 1. The van der Waals surface area contributed by atoms with Crippen molar-refractivity contribution in [3.63, 3.8) is 0 Å². The van der Waals surface area contributed by atoms with Crippen molar-refractivity contribution in [1.29, 1.82) is 0 Å². The summed E-state index contributed by atoms with van der Waals surface area (Å²) in [5.41, 5.74) is 1.18. The molecule has 0 aliphatic carbocycles. The molecule has 112 valence electrons. The number of carbonyl (C=O) groups excluding carboxylic acids is 1. The SMILES string of the molecule is CCC(NC(=O)CCOc1ccc(C)cc1)c1ncc[nH]1. The van der Waals surface area contributed by atoms with Crippen LogP contribution in [0, 0.1) is 6.92 Å². The number of amides is 1. The Hall–Kier alpha value is -2.30. The molecule has 0 saturated heterocycles. The molecule has 1 heterocycles. The number of imidazole rings is 1. The largest absolute Gasteiger partial charge is 0.493 e. The summed E-state index contributed by atoms with van der Waals surface area (Å²) in [6.45, 7) is 4.40. The first kappa shape index (κ1) is 15.1. The monoisotopic (exact) mass is 287 g/mol. The van der Waals surface area contributed by atoms with Gasteiger partial charge in [0.25, 0.3) is 0 Å². The molecule has 0 bridgehead atoms. The van der Waals surface area contributed by atoms with Crippen LogP contribution in [0.5, 0.6) is 5.75 Å². The second-order valence-corrected chi connectivity index (χ2v) is 4.91. The molecule has 1 aromatic heterocycles. The lowest BCUT2D eigenvalue weighted by Gasteiger charge is -2.14. The summed E-state index contributed by atoms with van der Waals surface area (Å²) >= 11 is 0. The van der Waals surface area contributed by atoms with Crippen molar-refractivity contribution in [2.45, 2.75) is 32.7 Å². The van der Waals surface area contributed by atoms with Gasteiger partial charge in [-0.25, -0.2) is 4.98 Å². The smallest absolute Gasteiger partial charge is 0.224 e. The van der Waals surface area contributed by atoms with Crippen molar-refractivity contribution in [2.75, 3.05) is 6.61 Å². The number of benzene rings is 1. The Kier molecular flexibility index (Phi) is 5.37. The molecule has 1 amide bonds. The van der Waals surface area contributed by atoms with E-state index < -0.39 is 0 Å². The standard InChI is InChI=1S/C16H21N3O2/c1-3-14(16-17-9-10-18-16)19-15(20)8-11-21-13-6-4-12(2)5-7-13/h4-7,9-10,14H,3,8,11H2,1-2H3,(H,17,18)(H,19,20). The lowest BCUT2D eigenvalue weighted by atomic mass is 10.2. The van der Waals surface area contributed by atoms with Crippen LogP contribution in [0.15, 0.2) is 36.7 Å². The van der Waals surface area contributed by atoms with Gasteiger partial charge < -0.3 is 15.0 Å². The van der Waals surface area contributed by atoms with Gasteiger partial charge in [-0.2, -0.15) is 0 Å². The molecule has 2 aromatic rings. The third-order valence-corrected chi connectivity index (χ3v) is 3.21. The van der Waals surface area contributed by atoms with E-state index in [1.165, 1.54) is 5.56 Å². The zero-order chi connectivity index (χ0) is 15.1. The van der Waals surface area contributed by atoms with E-state index in [0.717, 1.165) is 18.0 Å². The molecule has 21 heavy (non-hydrogen) atoms. The van der Waals surface area contributed by atoms with E-state index in [2.05, 4.69) is 15.3 Å². The normalized spacial score (nSPS) is 11.9. The molecule has 0 spiro atoms. The Morgan fingerprint density at radius 1 is 1.38 bits per heavy atom. The van der Waals surface area contributed by atoms with Crippen LogP contribution >= 0.6 is 0 Å². The topological polar surface area (TPSA) is 67.0 Å². The van der Waals surface area contributed by atoms with E-state index in [0.29, 0.717) is 13.0 Å². The maximum atomic E-state index is 11.9. The third kappa shape index (κ3) is 4.63. The molecular formula is C16H21N3O2. The highest BCUT2D eigenvalue weighted by Crippen LogP contribution is 2.13. The predicted octanol–water partition coefficient (Wildman–Crippen LogP) is 2.75. The van der Waals surface area contributed by atoms with Crippen LogP contribution in [0.2, 0.25) is 0 Å².